The van der Waals surface area contributed by atoms with E-state index < -0.39 is 0 Å². The first-order valence-corrected chi connectivity index (χ1v) is 13.8. The maximum Gasteiger partial charge on any atom is 0.251 e. The molecule has 4 rings (SSSR count). The number of benzene rings is 3. The lowest BCUT2D eigenvalue weighted by Gasteiger charge is -2.20. The van der Waals surface area contributed by atoms with Gasteiger partial charge in [-0.25, -0.2) is 0 Å². The number of carbonyl (C=O) groups excluding carboxylic acids is 1. The van der Waals surface area contributed by atoms with Crippen molar-refractivity contribution in [1.29, 1.82) is 0 Å². The molecule has 0 fully saturated rings. The number of fused-ring (bicyclic) bond motifs is 2. The molecule has 2 aromatic carbocycles. The summed E-state index contributed by atoms with van der Waals surface area (Å²) < 4.78 is 6.49. The molecular formula is C32H40N4O2. The highest BCUT2D eigenvalue weighted by molar-refractivity contribution is 6.09. The maximum atomic E-state index is 13.4. The molecule has 0 saturated carbocycles. The molecule has 1 heterocycles. The topological polar surface area (TPSA) is 92.6 Å². The van der Waals surface area contributed by atoms with Crippen molar-refractivity contribution < 1.29 is 9.21 Å². The zero-order chi connectivity index (χ0) is 27.1. The van der Waals surface area contributed by atoms with E-state index >= 15 is 0 Å². The van der Waals surface area contributed by atoms with Crippen LogP contribution >= 0.6 is 0 Å². The summed E-state index contributed by atoms with van der Waals surface area (Å²) >= 11 is 0. The van der Waals surface area contributed by atoms with Crippen molar-refractivity contribution in [3.8, 4) is 22.5 Å². The number of hydrogen-bond donors (Lipinski definition) is 3. The van der Waals surface area contributed by atoms with Crippen LogP contribution in [0.5, 0.6) is 0 Å². The molecule has 6 heteroatoms. The van der Waals surface area contributed by atoms with Gasteiger partial charge in [0.05, 0.1) is 5.36 Å². The van der Waals surface area contributed by atoms with Crippen molar-refractivity contribution in [1.82, 2.24) is 5.32 Å². The van der Waals surface area contributed by atoms with E-state index in [1.54, 1.807) is 0 Å². The molecule has 0 bridgehead atoms. The molecule has 4 N–H and O–H groups in total. The molecule has 0 saturated heterocycles. The van der Waals surface area contributed by atoms with Gasteiger partial charge in [-0.3, -0.25) is 9.79 Å². The molecule has 2 aromatic rings. The van der Waals surface area contributed by atoms with E-state index in [-0.39, 0.29) is 5.91 Å². The molecule has 0 spiro atoms. The van der Waals surface area contributed by atoms with Crippen LogP contribution in [0.15, 0.2) is 57.9 Å². The number of unbranched alkanes of at least 4 members (excludes halogenated alkanes) is 3. The molecule has 0 aromatic heterocycles. The van der Waals surface area contributed by atoms with Crippen molar-refractivity contribution in [2.75, 3.05) is 31.5 Å². The Hall–Kier alpha value is -3.64. The summed E-state index contributed by atoms with van der Waals surface area (Å²) in [5.41, 5.74) is 13.2. The van der Waals surface area contributed by atoms with Gasteiger partial charge in [-0.1, -0.05) is 31.0 Å². The van der Waals surface area contributed by atoms with Gasteiger partial charge in [0.15, 0.2) is 0 Å². The summed E-state index contributed by atoms with van der Waals surface area (Å²) in [6.07, 6.45) is 4.12. The fraction of sp³-hybridized carbons (Fsp3) is 0.375. The van der Waals surface area contributed by atoms with Gasteiger partial charge in [0.2, 0.25) is 0 Å². The lowest BCUT2D eigenvalue weighted by molar-refractivity contribution is 0.0953. The second-order valence-corrected chi connectivity index (χ2v) is 9.78. The molecule has 0 radical (unpaired) electrons. The van der Waals surface area contributed by atoms with Crippen LogP contribution in [0.2, 0.25) is 0 Å². The molecule has 2 aliphatic rings. The highest BCUT2D eigenvalue weighted by Gasteiger charge is 2.22. The second kappa shape index (κ2) is 12.7. The highest BCUT2D eigenvalue weighted by Crippen LogP contribution is 2.42. The number of anilines is 1. The lowest BCUT2D eigenvalue weighted by Crippen LogP contribution is -2.25. The average molecular weight is 513 g/mol. The fourth-order valence-electron chi connectivity index (χ4n) is 5.02. The summed E-state index contributed by atoms with van der Waals surface area (Å²) in [6, 6.07) is 16.3. The minimum atomic E-state index is -0.0585. The number of carbonyl (C=O) groups is 1. The molecule has 6 nitrogen and oxygen atoms in total. The number of nitrogens with two attached hydrogens (primary N) is 1. The number of rotatable bonds is 11. The van der Waals surface area contributed by atoms with Gasteiger partial charge in [-0.05, 0) is 82.0 Å². The summed E-state index contributed by atoms with van der Waals surface area (Å²) in [7, 11) is 0. The van der Waals surface area contributed by atoms with Gasteiger partial charge in [-0.2, -0.15) is 0 Å². The Morgan fingerprint density at radius 1 is 0.947 bits per heavy atom. The number of aryl methyl sites for hydroxylation is 2. The lowest BCUT2D eigenvalue weighted by atomic mass is 9.89. The molecule has 200 valence electrons. The van der Waals surface area contributed by atoms with Crippen LogP contribution in [0.25, 0.3) is 33.4 Å². The minimum absolute atomic E-state index is 0.0585. The Labute approximate surface area is 225 Å². The Morgan fingerprint density at radius 2 is 1.74 bits per heavy atom. The van der Waals surface area contributed by atoms with Crippen molar-refractivity contribution in [2.45, 2.75) is 53.4 Å². The summed E-state index contributed by atoms with van der Waals surface area (Å²) in [6.45, 7) is 11.2. The van der Waals surface area contributed by atoms with E-state index in [1.165, 1.54) is 0 Å². The van der Waals surface area contributed by atoms with Gasteiger partial charge in [0.1, 0.15) is 11.3 Å². The first kappa shape index (κ1) is 27.4. The summed E-state index contributed by atoms with van der Waals surface area (Å²) in [4.78, 5) is 18.1. The standard InChI is InChI=1S/C32H40N4O2/c1-5-34-27-19-29-25(17-21(27)3)31(26-18-22(4)28(35-6-2)20-30(26)38-29)23-13-9-10-14-24(23)32(37)36-16-12-8-7-11-15-33/h9-10,13-14,17-20,34H,5-8,11-12,15-16,33H2,1-4H3,(H,36,37). The predicted molar refractivity (Wildman–Crippen MR) is 158 cm³/mol. The van der Waals surface area contributed by atoms with E-state index in [0.29, 0.717) is 25.2 Å². The van der Waals surface area contributed by atoms with Gasteiger partial charge >= 0.3 is 0 Å². The third-order valence-corrected chi connectivity index (χ3v) is 6.94. The van der Waals surface area contributed by atoms with Crippen LogP contribution in [0.3, 0.4) is 0 Å². The normalized spacial score (nSPS) is 11.9. The quantitative estimate of drug-likeness (QED) is 0.160. The number of amides is 1. The van der Waals surface area contributed by atoms with E-state index in [2.05, 4.69) is 54.6 Å². The van der Waals surface area contributed by atoms with Crippen LogP contribution in [0, 0.1) is 13.8 Å². The van der Waals surface area contributed by atoms with E-state index in [4.69, 9.17) is 10.2 Å². The Kier molecular flexibility index (Phi) is 9.19. The highest BCUT2D eigenvalue weighted by atomic mass is 16.3. The van der Waals surface area contributed by atoms with Crippen molar-refractivity contribution in [2.24, 2.45) is 10.7 Å². The molecule has 1 aliphatic carbocycles. The zero-order valence-electron chi connectivity index (χ0n) is 23.1. The van der Waals surface area contributed by atoms with E-state index in [9.17, 15) is 4.79 Å². The van der Waals surface area contributed by atoms with E-state index in [0.717, 1.165) is 87.8 Å². The van der Waals surface area contributed by atoms with Gasteiger partial charge < -0.3 is 20.8 Å². The third kappa shape index (κ3) is 5.91. The SMILES string of the molecule is CCN=c1cc2oc3cc(NCC)c(C)cc3c(-c3ccccc3C(=O)NCCCCCCN)c-2cc1C. The average Bonchev–Trinajstić information content (AvgIpc) is 2.91. The molecule has 0 unspecified atom stereocenters. The number of nitrogens with zero attached hydrogens (tertiary/aromatic N) is 1. The zero-order valence-corrected chi connectivity index (χ0v) is 23.1. The van der Waals surface area contributed by atoms with Crippen LogP contribution in [-0.2, 0) is 0 Å². The number of hydrogen-bond acceptors (Lipinski definition) is 5. The van der Waals surface area contributed by atoms with Gasteiger partial charge in [-0.15, -0.1) is 0 Å². The van der Waals surface area contributed by atoms with E-state index in [1.807, 2.05) is 37.3 Å². The van der Waals surface area contributed by atoms with Gasteiger partial charge in [0, 0.05) is 59.5 Å². The third-order valence-electron chi connectivity index (χ3n) is 6.94. The van der Waals surface area contributed by atoms with Crippen LogP contribution in [0.4, 0.5) is 5.69 Å². The largest absolute Gasteiger partial charge is 0.456 e. The predicted octanol–water partition coefficient (Wildman–Crippen LogP) is 6.42. The second-order valence-electron chi connectivity index (χ2n) is 9.78. The summed E-state index contributed by atoms with van der Waals surface area (Å²) in [5.74, 6) is 0.698. The van der Waals surface area contributed by atoms with Crippen LogP contribution in [0.1, 0.15) is 61.0 Å². The Balaban J connectivity index is 1.88. The minimum Gasteiger partial charge on any atom is -0.456 e. The fourth-order valence-corrected chi connectivity index (χ4v) is 5.02. The summed E-state index contributed by atoms with van der Waals surface area (Å²) in [5, 5.41) is 8.48. The number of nitrogens with one attached hydrogen (secondary N) is 2. The smallest absolute Gasteiger partial charge is 0.251 e. The van der Waals surface area contributed by atoms with Crippen molar-refractivity contribution in [3.05, 3.63) is 70.6 Å². The van der Waals surface area contributed by atoms with Crippen molar-refractivity contribution in [3.63, 3.8) is 0 Å². The Morgan fingerprint density at radius 3 is 2.50 bits per heavy atom. The molecular weight excluding hydrogens is 472 g/mol. The Bertz CT molecular complexity index is 1450. The van der Waals surface area contributed by atoms with Gasteiger partial charge in [0.25, 0.3) is 5.91 Å². The molecule has 0 atom stereocenters. The first-order valence-electron chi connectivity index (χ1n) is 13.8. The van der Waals surface area contributed by atoms with Crippen molar-refractivity contribution >= 4 is 22.6 Å². The molecule has 1 aliphatic heterocycles. The monoisotopic (exact) mass is 512 g/mol. The molecule has 38 heavy (non-hydrogen) atoms. The van der Waals surface area contributed by atoms with Crippen LogP contribution in [-0.4, -0.2) is 32.1 Å². The maximum absolute atomic E-state index is 13.4. The van der Waals surface area contributed by atoms with Crippen LogP contribution < -0.4 is 21.7 Å². The first-order chi connectivity index (χ1) is 18.5. The molecule has 1 amide bonds.